The van der Waals surface area contributed by atoms with Crippen LogP contribution in [0.25, 0.3) is 0 Å². The van der Waals surface area contributed by atoms with Gasteiger partial charge in [0.05, 0.1) is 11.5 Å². The molecule has 0 unspecified atom stereocenters. The van der Waals surface area contributed by atoms with Crippen LogP contribution in [0.5, 0.6) is 0 Å². The molecular weight excluding hydrogens is 232 g/mol. The van der Waals surface area contributed by atoms with E-state index in [-0.39, 0.29) is 11.5 Å². The number of hydrogen-bond acceptors (Lipinski definition) is 2. The van der Waals surface area contributed by atoms with Crippen LogP contribution in [0.4, 0.5) is 0 Å². The Morgan fingerprint density at radius 1 is 0.882 bits per heavy atom. The van der Waals surface area contributed by atoms with Gasteiger partial charge in [0, 0.05) is 24.0 Å². The smallest absolute Gasteiger partial charge is 0.152 e. The molecule has 3 heteroatoms. The molecule has 0 saturated heterocycles. The Morgan fingerprint density at radius 2 is 1.35 bits per heavy atom. The van der Waals surface area contributed by atoms with Crippen molar-refractivity contribution < 1.29 is 8.42 Å². The summed E-state index contributed by atoms with van der Waals surface area (Å²) in [7, 11) is -2.99. The van der Waals surface area contributed by atoms with Crippen molar-refractivity contribution >= 4 is 9.84 Å². The summed E-state index contributed by atoms with van der Waals surface area (Å²) < 4.78 is 23.1. The van der Waals surface area contributed by atoms with Crippen molar-refractivity contribution in [3.8, 4) is 23.7 Å². The van der Waals surface area contributed by atoms with Crippen LogP contribution in [0.2, 0.25) is 0 Å². The minimum Gasteiger partial charge on any atom is -0.229 e. The normalized spacial score (nSPS) is 17.4. The monoisotopic (exact) mass is 244 g/mol. The molecule has 0 amide bonds. The van der Waals surface area contributed by atoms with Crippen molar-refractivity contribution in [1.29, 1.82) is 0 Å². The van der Waals surface area contributed by atoms with Gasteiger partial charge in [0.25, 0.3) is 0 Å². The molecule has 1 aromatic rings. The Hall–Kier alpha value is -1.71. The predicted molar refractivity (Wildman–Crippen MR) is 68.1 cm³/mol. The highest BCUT2D eigenvalue weighted by atomic mass is 32.2. The van der Waals surface area contributed by atoms with Gasteiger partial charge in [-0.1, -0.05) is 35.8 Å². The number of benzene rings is 1. The molecule has 0 spiro atoms. The van der Waals surface area contributed by atoms with E-state index in [9.17, 15) is 8.42 Å². The number of sulfone groups is 1. The third kappa shape index (κ3) is 3.37. The predicted octanol–water partition coefficient (Wildman–Crippen LogP) is 1.60. The van der Waals surface area contributed by atoms with Crippen LogP contribution in [0.1, 0.15) is 24.0 Å². The average Bonchev–Trinajstić information content (AvgIpc) is 2.34. The van der Waals surface area contributed by atoms with Gasteiger partial charge in [-0.2, -0.15) is 0 Å². The SMILES string of the molecule is O=S1(=O)CCC#Cc2ccccc2C#CCC1. The second-order valence-electron chi connectivity index (χ2n) is 3.80. The topological polar surface area (TPSA) is 34.1 Å². The summed E-state index contributed by atoms with van der Waals surface area (Å²) in [6.07, 6.45) is 0.771. The van der Waals surface area contributed by atoms with Gasteiger partial charge >= 0.3 is 0 Å². The van der Waals surface area contributed by atoms with Crippen molar-refractivity contribution in [3.05, 3.63) is 35.4 Å². The van der Waals surface area contributed by atoms with E-state index in [0.717, 1.165) is 11.1 Å². The first-order valence-corrected chi connectivity index (χ1v) is 7.27. The van der Waals surface area contributed by atoms with E-state index in [1.807, 2.05) is 24.3 Å². The van der Waals surface area contributed by atoms with Crippen LogP contribution in [0.3, 0.4) is 0 Å². The molecular formula is C14H12O2S. The minimum absolute atomic E-state index is 0.129. The third-order valence-electron chi connectivity index (χ3n) is 2.45. The molecule has 17 heavy (non-hydrogen) atoms. The van der Waals surface area contributed by atoms with Gasteiger partial charge in [-0.3, -0.25) is 0 Å². The fraction of sp³-hybridized carbons (Fsp3) is 0.286. The first-order valence-electron chi connectivity index (χ1n) is 5.45. The van der Waals surface area contributed by atoms with Crippen LogP contribution in [0, 0.1) is 23.7 Å². The minimum atomic E-state index is -2.99. The zero-order valence-electron chi connectivity index (χ0n) is 9.36. The first kappa shape index (κ1) is 11.8. The van der Waals surface area contributed by atoms with E-state index in [4.69, 9.17) is 0 Å². The van der Waals surface area contributed by atoms with Crippen LogP contribution in [-0.2, 0) is 9.84 Å². The summed E-state index contributed by atoms with van der Waals surface area (Å²) in [6, 6.07) is 7.63. The molecule has 1 aliphatic heterocycles. The van der Waals surface area contributed by atoms with E-state index < -0.39 is 9.84 Å². The highest BCUT2D eigenvalue weighted by molar-refractivity contribution is 7.91. The molecule has 0 N–H and O–H groups in total. The van der Waals surface area contributed by atoms with Gasteiger partial charge in [0.15, 0.2) is 9.84 Å². The second-order valence-corrected chi connectivity index (χ2v) is 6.10. The second kappa shape index (κ2) is 5.08. The Labute approximate surface area is 102 Å². The summed E-state index contributed by atoms with van der Waals surface area (Å²) in [5, 5.41) is 0. The molecule has 1 aromatic carbocycles. The summed E-state index contributed by atoms with van der Waals surface area (Å²) in [5.74, 6) is 12.0. The van der Waals surface area contributed by atoms with Gasteiger partial charge in [0.1, 0.15) is 0 Å². The molecule has 1 heterocycles. The molecule has 0 radical (unpaired) electrons. The molecule has 1 aliphatic rings. The fourth-order valence-electron chi connectivity index (χ4n) is 1.53. The maximum absolute atomic E-state index is 11.5. The zero-order chi connectivity index (χ0) is 12.1. The van der Waals surface area contributed by atoms with Crippen LogP contribution >= 0.6 is 0 Å². The van der Waals surface area contributed by atoms with Gasteiger partial charge in [-0.15, -0.1) is 0 Å². The van der Waals surface area contributed by atoms with Crippen molar-refractivity contribution in [2.75, 3.05) is 11.5 Å². The number of fused-ring (bicyclic) bond motifs is 1. The Bertz CT molecular complexity index is 583. The third-order valence-corrected chi connectivity index (χ3v) is 4.10. The Kier molecular flexibility index (Phi) is 3.52. The van der Waals surface area contributed by atoms with Crippen molar-refractivity contribution in [2.45, 2.75) is 12.8 Å². The highest BCUT2D eigenvalue weighted by Gasteiger charge is 2.08. The van der Waals surface area contributed by atoms with Crippen molar-refractivity contribution in [1.82, 2.24) is 0 Å². The largest absolute Gasteiger partial charge is 0.229 e. The zero-order valence-corrected chi connectivity index (χ0v) is 10.2. The lowest BCUT2D eigenvalue weighted by molar-refractivity contribution is 0.596. The van der Waals surface area contributed by atoms with Crippen molar-refractivity contribution in [2.24, 2.45) is 0 Å². The van der Waals surface area contributed by atoms with Crippen LogP contribution in [0.15, 0.2) is 24.3 Å². The van der Waals surface area contributed by atoms with E-state index in [1.54, 1.807) is 0 Å². The maximum atomic E-state index is 11.5. The lowest BCUT2D eigenvalue weighted by Crippen LogP contribution is -2.10. The molecule has 0 aliphatic carbocycles. The molecule has 0 bridgehead atoms. The molecule has 2 rings (SSSR count). The lowest BCUT2D eigenvalue weighted by atomic mass is 10.1. The Balaban J connectivity index is 2.38. The Morgan fingerprint density at radius 3 is 1.82 bits per heavy atom. The maximum Gasteiger partial charge on any atom is 0.152 e. The molecule has 0 fully saturated rings. The van der Waals surface area contributed by atoms with E-state index in [1.165, 1.54) is 0 Å². The van der Waals surface area contributed by atoms with Crippen LogP contribution in [-0.4, -0.2) is 19.9 Å². The first-order chi connectivity index (χ1) is 8.17. The number of hydrogen-bond donors (Lipinski definition) is 0. The molecule has 0 atom stereocenters. The molecule has 2 nitrogen and oxygen atoms in total. The van der Waals surface area contributed by atoms with E-state index in [0.29, 0.717) is 12.8 Å². The summed E-state index contributed by atoms with van der Waals surface area (Å²) in [5.41, 5.74) is 1.75. The summed E-state index contributed by atoms with van der Waals surface area (Å²) in [6.45, 7) is 0. The fourth-order valence-corrected chi connectivity index (χ4v) is 2.56. The van der Waals surface area contributed by atoms with E-state index >= 15 is 0 Å². The van der Waals surface area contributed by atoms with Gasteiger partial charge in [-0.05, 0) is 12.1 Å². The van der Waals surface area contributed by atoms with E-state index in [2.05, 4.69) is 23.7 Å². The van der Waals surface area contributed by atoms with Gasteiger partial charge < -0.3 is 0 Å². The van der Waals surface area contributed by atoms with Crippen molar-refractivity contribution in [3.63, 3.8) is 0 Å². The summed E-state index contributed by atoms with van der Waals surface area (Å²) in [4.78, 5) is 0. The summed E-state index contributed by atoms with van der Waals surface area (Å²) >= 11 is 0. The number of rotatable bonds is 0. The van der Waals surface area contributed by atoms with Crippen LogP contribution < -0.4 is 0 Å². The molecule has 0 saturated carbocycles. The molecule has 0 aromatic heterocycles. The lowest BCUT2D eigenvalue weighted by Gasteiger charge is -1.96. The van der Waals surface area contributed by atoms with Gasteiger partial charge in [0.2, 0.25) is 0 Å². The highest BCUT2D eigenvalue weighted by Crippen LogP contribution is 2.07. The average molecular weight is 244 g/mol. The van der Waals surface area contributed by atoms with Gasteiger partial charge in [-0.25, -0.2) is 8.42 Å². The quantitative estimate of drug-likeness (QED) is 0.650. The standard InChI is InChI=1S/C14H12O2S/c15-17(16)11-5-3-9-13-7-1-2-8-14(13)10-4-6-12-17/h1-2,7-8H,5-6,11-12H2. The molecule has 86 valence electrons.